The molecule has 0 spiro atoms. The van der Waals surface area contributed by atoms with Gasteiger partial charge < -0.3 is 20.0 Å². The second-order valence-corrected chi connectivity index (χ2v) is 8.33. The van der Waals surface area contributed by atoms with Gasteiger partial charge in [-0.2, -0.15) is 0 Å². The van der Waals surface area contributed by atoms with Crippen molar-refractivity contribution in [2.75, 3.05) is 24.6 Å². The molecule has 3 N–H and O–H groups in total. The molecule has 2 aromatic heterocycles. The second-order valence-electron chi connectivity index (χ2n) is 7.72. The molecule has 32 heavy (non-hydrogen) atoms. The van der Waals surface area contributed by atoms with Gasteiger partial charge in [-0.25, -0.2) is 9.97 Å². The minimum absolute atomic E-state index is 0.0960. The Morgan fingerprint density at radius 1 is 1.38 bits per heavy atom. The quantitative estimate of drug-likeness (QED) is 0.337. The first-order valence-electron chi connectivity index (χ1n) is 10.4. The van der Waals surface area contributed by atoms with E-state index >= 15 is 0 Å². The number of hydrogen-bond acceptors (Lipinski definition) is 8. The number of hydrogen-bond donors (Lipinski definition) is 3. The summed E-state index contributed by atoms with van der Waals surface area (Å²) in [7, 11) is 3.52. The molecule has 1 aliphatic rings. The molecule has 0 amide bonds. The number of anilines is 1. The van der Waals surface area contributed by atoms with Crippen molar-refractivity contribution in [3.63, 3.8) is 0 Å². The van der Waals surface area contributed by atoms with Crippen molar-refractivity contribution in [1.82, 2.24) is 19.9 Å². The Morgan fingerprint density at radius 3 is 2.88 bits per heavy atom. The van der Waals surface area contributed by atoms with Crippen LogP contribution in [0.1, 0.15) is 18.4 Å². The third kappa shape index (κ3) is 4.47. The number of pyridine rings is 1. The number of ether oxygens (including phenoxy) is 1. The van der Waals surface area contributed by atoms with Gasteiger partial charge in [-0.1, -0.05) is 18.0 Å². The van der Waals surface area contributed by atoms with Crippen LogP contribution in [0.4, 0.5) is 5.95 Å². The fourth-order valence-electron chi connectivity index (χ4n) is 3.50. The predicted octanol–water partition coefficient (Wildman–Crippen LogP) is 3.68. The number of aromatic nitrogens is 3. The Balaban J connectivity index is 1.94. The van der Waals surface area contributed by atoms with Crippen LogP contribution in [0, 0.1) is 11.3 Å². The topological polar surface area (TPSA) is 105 Å². The molecule has 3 aromatic rings. The number of fused-ring (bicyclic) bond motifs is 1. The van der Waals surface area contributed by atoms with E-state index in [1.807, 2.05) is 18.4 Å². The maximum absolute atomic E-state index is 12.9. The van der Waals surface area contributed by atoms with Gasteiger partial charge in [0.2, 0.25) is 5.95 Å². The van der Waals surface area contributed by atoms with Crippen LogP contribution in [-0.2, 0) is 7.05 Å². The van der Waals surface area contributed by atoms with Crippen molar-refractivity contribution in [1.29, 1.82) is 5.41 Å². The summed E-state index contributed by atoms with van der Waals surface area (Å²) < 4.78 is 10.7. The minimum atomic E-state index is -0.0960. The first-order valence-corrected chi connectivity index (χ1v) is 11.6. The summed E-state index contributed by atoms with van der Waals surface area (Å²) in [4.78, 5) is 22.0. The molecule has 1 aromatic carbocycles. The smallest absolute Gasteiger partial charge is 0.258 e. The summed E-state index contributed by atoms with van der Waals surface area (Å²) in [5, 5.41) is 12.1. The molecule has 0 atom stereocenters. The number of allylic oxidation sites excluding steroid dienone is 1. The third-order valence-corrected chi connectivity index (χ3v) is 5.73. The Kier molecular flexibility index (Phi) is 6.45. The van der Waals surface area contributed by atoms with Crippen LogP contribution in [0.2, 0.25) is 0 Å². The van der Waals surface area contributed by atoms with Gasteiger partial charge in [-0.3, -0.25) is 9.52 Å². The number of nitrogens with one attached hydrogen (secondary N) is 3. The lowest BCUT2D eigenvalue weighted by Crippen LogP contribution is -2.17. The first-order chi connectivity index (χ1) is 15.5. The standard InChI is InChI=1S/C23H26N6O2S/c1-25-10-16(9-24)15-6-7-17-18(8-15)19(12-29(2)22(17)30)21-20(31-13-14-4-5-14)11-26-23(27-21)28-32-3/h6-12,14,24-25H,4-5,13H2,1-3H3,(H,26,27,28)/b16-10+,24-9?. The van der Waals surface area contributed by atoms with Gasteiger partial charge >= 0.3 is 0 Å². The molecule has 9 heteroatoms. The molecule has 1 saturated carbocycles. The molecule has 8 nitrogen and oxygen atoms in total. The number of benzene rings is 1. The zero-order chi connectivity index (χ0) is 22.7. The largest absolute Gasteiger partial charge is 0.489 e. The fourth-order valence-corrected chi connectivity index (χ4v) is 3.78. The summed E-state index contributed by atoms with van der Waals surface area (Å²) in [5.74, 6) is 1.64. The molecule has 4 rings (SSSR count). The lowest BCUT2D eigenvalue weighted by atomic mass is 9.98. The lowest BCUT2D eigenvalue weighted by Gasteiger charge is -2.15. The van der Waals surface area contributed by atoms with Crippen molar-refractivity contribution in [3.8, 4) is 17.0 Å². The molecule has 166 valence electrons. The molecular weight excluding hydrogens is 424 g/mol. The van der Waals surface area contributed by atoms with Crippen LogP contribution >= 0.6 is 11.9 Å². The molecule has 0 radical (unpaired) electrons. The summed E-state index contributed by atoms with van der Waals surface area (Å²) in [5.41, 5.74) is 2.84. The van der Waals surface area contributed by atoms with Crippen LogP contribution in [0.5, 0.6) is 5.75 Å². The Labute approximate surface area is 190 Å². The average molecular weight is 451 g/mol. The second kappa shape index (κ2) is 9.44. The molecule has 2 heterocycles. The Hall–Kier alpha value is -3.33. The van der Waals surface area contributed by atoms with Crippen LogP contribution in [0.25, 0.3) is 27.6 Å². The van der Waals surface area contributed by atoms with E-state index in [4.69, 9.17) is 15.1 Å². The Bertz CT molecular complexity index is 1250. The summed E-state index contributed by atoms with van der Waals surface area (Å²) in [6.07, 6.45) is 10.8. The fraction of sp³-hybridized carbons (Fsp3) is 0.304. The monoisotopic (exact) mass is 450 g/mol. The summed E-state index contributed by atoms with van der Waals surface area (Å²) >= 11 is 1.41. The molecule has 1 aliphatic carbocycles. The van der Waals surface area contributed by atoms with Gasteiger partial charge in [-0.15, -0.1) is 0 Å². The van der Waals surface area contributed by atoms with Gasteiger partial charge in [-0.05, 0) is 41.8 Å². The van der Waals surface area contributed by atoms with E-state index in [9.17, 15) is 4.79 Å². The van der Waals surface area contributed by atoms with Crippen LogP contribution in [0.3, 0.4) is 0 Å². The van der Waals surface area contributed by atoms with Crippen molar-refractivity contribution < 1.29 is 4.74 Å². The van der Waals surface area contributed by atoms with Gasteiger partial charge in [0.05, 0.1) is 12.8 Å². The maximum atomic E-state index is 12.9. The van der Waals surface area contributed by atoms with Crippen molar-refractivity contribution >= 4 is 40.5 Å². The third-order valence-electron chi connectivity index (χ3n) is 5.35. The van der Waals surface area contributed by atoms with Crippen molar-refractivity contribution in [3.05, 3.63) is 52.7 Å². The van der Waals surface area contributed by atoms with E-state index in [1.165, 1.54) is 31.0 Å². The van der Waals surface area contributed by atoms with Gasteiger partial charge in [0.15, 0.2) is 5.75 Å². The summed E-state index contributed by atoms with van der Waals surface area (Å²) in [6.45, 7) is 0.628. The normalized spacial score (nSPS) is 13.8. The first kappa shape index (κ1) is 21.9. The van der Waals surface area contributed by atoms with Crippen LogP contribution in [0.15, 0.2) is 41.6 Å². The van der Waals surface area contributed by atoms with Crippen molar-refractivity contribution in [2.45, 2.75) is 12.8 Å². The van der Waals surface area contributed by atoms with Gasteiger partial charge in [0.1, 0.15) is 5.69 Å². The minimum Gasteiger partial charge on any atom is -0.489 e. The molecular formula is C23H26N6O2S. The van der Waals surface area contributed by atoms with Crippen LogP contribution < -0.4 is 20.3 Å². The van der Waals surface area contributed by atoms with Gasteiger partial charge in [0, 0.05) is 55.5 Å². The highest BCUT2D eigenvalue weighted by Gasteiger charge is 2.24. The van der Waals surface area contributed by atoms with E-state index in [1.54, 1.807) is 43.3 Å². The Morgan fingerprint density at radius 2 is 2.19 bits per heavy atom. The molecule has 1 fully saturated rings. The van der Waals surface area contributed by atoms with E-state index in [0.717, 1.165) is 16.5 Å². The highest BCUT2D eigenvalue weighted by molar-refractivity contribution is 7.99. The molecule has 0 aliphatic heterocycles. The van der Waals surface area contributed by atoms with E-state index in [2.05, 4.69) is 15.0 Å². The highest BCUT2D eigenvalue weighted by atomic mass is 32.2. The SMILES string of the molecule is CN/C=C(\C=N)c1ccc2c(=O)n(C)cc(-c3nc(NSC)ncc3OCC3CC3)c2c1. The number of aryl methyl sites for hydroxylation is 1. The van der Waals surface area contributed by atoms with Crippen LogP contribution in [-0.4, -0.2) is 40.7 Å². The molecule has 0 unspecified atom stereocenters. The number of rotatable bonds is 9. The van der Waals surface area contributed by atoms with E-state index in [-0.39, 0.29) is 5.56 Å². The zero-order valence-corrected chi connectivity index (χ0v) is 19.1. The summed E-state index contributed by atoms with van der Waals surface area (Å²) in [6, 6.07) is 5.58. The lowest BCUT2D eigenvalue weighted by molar-refractivity contribution is 0.299. The maximum Gasteiger partial charge on any atom is 0.258 e. The van der Waals surface area contributed by atoms with Crippen molar-refractivity contribution in [2.24, 2.45) is 13.0 Å². The highest BCUT2D eigenvalue weighted by Crippen LogP contribution is 2.36. The van der Waals surface area contributed by atoms with E-state index in [0.29, 0.717) is 40.9 Å². The number of nitrogens with zero attached hydrogens (tertiary/aromatic N) is 3. The molecule has 0 saturated heterocycles. The zero-order valence-electron chi connectivity index (χ0n) is 18.3. The molecule has 0 bridgehead atoms. The van der Waals surface area contributed by atoms with Gasteiger partial charge in [0.25, 0.3) is 5.56 Å². The van der Waals surface area contributed by atoms with E-state index < -0.39 is 0 Å². The predicted molar refractivity (Wildman–Crippen MR) is 131 cm³/mol. The average Bonchev–Trinajstić information content (AvgIpc) is 3.63.